The van der Waals surface area contributed by atoms with E-state index in [0.717, 1.165) is 25.7 Å². The molecule has 1 N–H and O–H groups in total. The summed E-state index contributed by atoms with van der Waals surface area (Å²) in [5.41, 5.74) is 0. The highest BCUT2D eigenvalue weighted by molar-refractivity contribution is 7.89. The molecule has 0 amide bonds. The molecule has 0 aliphatic rings. The van der Waals surface area contributed by atoms with Crippen molar-refractivity contribution in [3.05, 3.63) is 0 Å². The summed E-state index contributed by atoms with van der Waals surface area (Å²) in [6.07, 6.45) is 4.51. The van der Waals surface area contributed by atoms with E-state index in [0.29, 0.717) is 18.8 Å². The lowest BCUT2D eigenvalue weighted by Gasteiger charge is -2.05. The van der Waals surface area contributed by atoms with E-state index in [4.69, 9.17) is 11.6 Å². The van der Waals surface area contributed by atoms with E-state index in [1.54, 1.807) is 0 Å². The highest BCUT2D eigenvalue weighted by Crippen LogP contribution is 1.97. The summed E-state index contributed by atoms with van der Waals surface area (Å²) < 4.78 is 25.2. The van der Waals surface area contributed by atoms with Gasteiger partial charge in [-0.25, -0.2) is 13.1 Å². The monoisotopic (exact) mass is 241 g/mol. The summed E-state index contributed by atoms with van der Waals surface area (Å²) in [6, 6.07) is 0. The normalized spacial score (nSPS) is 11.9. The van der Waals surface area contributed by atoms with Gasteiger partial charge in [-0.15, -0.1) is 11.6 Å². The molecule has 0 unspecified atom stereocenters. The number of hydrogen-bond donors (Lipinski definition) is 1. The maximum atomic E-state index is 11.3. The van der Waals surface area contributed by atoms with Crippen LogP contribution in [-0.2, 0) is 10.0 Å². The Bertz CT molecular complexity index is 217. The van der Waals surface area contributed by atoms with Gasteiger partial charge in [0.25, 0.3) is 0 Å². The number of hydrogen-bond acceptors (Lipinski definition) is 2. The molecular weight excluding hydrogens is 222 g/mol. The van der Waals surface area contributed by atoms with Crippen LogP contribution < -0.4 is 4.72 Å². The van der Waals surface area contributed by atoms with Crippen LogP contribution in [0.5, 0.6) is 0 Å². The Balaban J connectivity index is 3.52. The molecule has 14 heavy (non-hydrogen) atoms. The second kappa shape index (κ2) is 8.50. The molecule has 0 aliphatic carbocycles. The van der Waals surface area contributed by atoms with Crippen LogP contribution in [0.2, 0.25) is 0 Å². The van der Waals surface area contributed by atoms with Crippen LogP contribution in [0.3, 0.4) is 0 Å². The van der Waals surface area contributed by atoms with Gasteiger partial charge in [0.15, 0.2) is 0 Å². The fraction of sp³-hybridized carbons (Fsp3) is 1.00. The standard InChI is InChI=1S/C9H20ClNO2S/c1-2-3-5-8-11-14(12,13)9-6-4-7-10/h11H,2-9H2,1H3. The van der Waals surface area contributed by atoms with Gasteiger partial charge in [0, 0.05) is 12.4 Å². The van der Waals surface area contributed by atoms with Crippen LogP contribution >= 0.6 is 11.6 Å². The molecule has 0 aromatic rings. The summed E-state index contributed by atoms with van der Waals surface area (Å²) >= 11 is 5.46. The van der Waals surface area contributed by atoms with Gasteiger partial charge in [0.05, 0.1) is 5.75 Å². The summed E-state index contributed by atoms with van der Waals surface area (Å²) in [6.45, 7) is 2.66. The van der Waals surface area contributed by atoms with Crippen LogP contribution in [0.1, 0.15) is 39.0 Å². The van der Waals surface area contributed by atoms with Gasteiger partial charge in [-0.1, -0.05) is 19.8 Å². The maximum Gasteiger partial charge on any atom is 0.211 e. The molecule has 0 fully saturated rings. The minimum Gasteiger partial charge on any atom is -0.215 e. The third kappa shape index (κ3) is 8.78. The predicted molar refractivity (Wildman–Crippen MR) is 61.3 cm³/mol. The lowest BCUT2D eigenvalue weighted by atomic mass is 10.3. The Morgan fingerprint density at radius 3 is 2.43 bits per heavy atom. The van der Waals surface area contributed by atoms with Crippen molar-refractivity contribution in [2.45, 2.75) is 39.0 Å². The summed E-state index contributed by atoms with van der Waals surface area (Å²) in [7, 11) is -3.04. The van der Waals surface area contributed by atoms with E-state index in [1.165, 1.54) is 0 Å². The first-order valence-electron chi connectivity index (χ1n) is 5.15. The topological polar surface area (TPSA) is 46.2 Å². The Hall–Kier alpha value is 0.200. The van der Waals surface area contributed by atoms with Crippen molar-refractivity contribution in [2.75, 3.05) is 18.2 Å². The first-order valence-corrected chi connectivity index (χ1v) is 7.34. The van der Waals surface area contributed by atoms with Gasteiger partial charge in [-0.2, -0.15) is 0 Å². The Morgan fingerprint density at radius 1 is 1.14 bits per heavy atom. The van der Waals surface area contributed by atoms with Gasteiger partial charge < -0.3 is 0 Å². The van der Waals surface area contributed by atoms with Gasteiger partial charge in [0.1, 0.15) is 0 Å². The molecular formula is C9H20ClNO2S. The molecule has 5 heteroatoms. The second-order valence-electron chi connectivity index (χ2n) is 3.32. The average molecular weight is 242 g/mol. The summed E-state index contributed by atoms with van der Waals surface area (Å²) in [5.74, 6) is 0.733. The number of sulfonamides is 1. The van der Waals surface area contributed by atoms with Gasteiger partial charge in [0.2, 0.25) is 10.0 Å². The first-order chi connectivity index (χ1) is 6.62. The molecule has 0 saturated carbocycles. The van der Waals surface area contributed by atoms with Crippen molar-refractivity contribution < 1.29 is 8.42 Å². The van der Waals surface area contributed by atoms with E-state index in [2.05, 4.69) is 11.6 Å². The van der Waals surface area contributed by atoms with Crippen molar-refractivity contribution in [1.82, 2.24) is 4.72 Å². The van der Waals surface area contributed by atoms with Crippen LogP contribution in [0, 0.1) is 0 Å². The molecule has 0 radical (unpaired) electrons. The predicted octanol–water partition coefficient (Wildman–Crippen LogP) is 2.12. The van der Waals surface area contributed by atoms with E-state index < -0.39 is 10.0 Å². The van der Waals surface area contributed by atoms with Crippen LogP contribution in [0.15, 0.2) is 0 Å². The molecule has 0 aromatic carbocycles. The zero-order chi connectivity index (χ0) is 10.9. The van der Waals surface area contributed by atoms with Gasteiger partial charge in [-0.05, 0) is 19.3 Å². The number of halogens is 1. The molecule has 0 rings (SSSR count). The fourth-order valence-electron chi connectivity index (χ4n) is 1.06. The SMILES string of the molecule is CCCCCNS(=O)(=O)CCCCCl. The minimum absolute atomic E-state index is 0.200. The molecule has 0 spiro atoms. The second-order valence-corrected chi connectivity index (χ2v) is 5.62. The van der Waals surface area contributed by atoms with E-state index >= 15 is 0 Å². The molecule has 86 valence electrons. The van der Waals surface area contributed by atoms with Crippen molar-refractivity contribution in [2.24, 2.45) is 0 Å². The zero-order valence-electron chi connectivity index (χ0n) is 8.76. The largest absolute Gasteiger partial charge is 0.215 e. The van der Waals surface area contributed by atoms with Crippen LogP contribution in [0.25, 0.3) is 0 Å². The van der Waals surface area contributed by atoms with E-state index in [1.807, 2.05) is 0 Å². The van der Waals surface area contributed by atoms with Gasteiger partial charge >= 0.3 is 0 Å². The third-order valence-corrected chi connectivity index (χ3v) is 3.64. The molecule has 3 nitrogen and oxygen atoms in total. The zero-order valence-corrected chi connectivity index (χ0v) is 10.3. The summed E-state index contributed by atoms with van der Waals surface area (Å²) in [5, 5.41) is 0. The first kappa shape index (κ1) is 14.2. The highest BCUT2D eigenvalue weighted by Gasteiger charge is 2.07. The van der Waals surface area contributed by atoms with E-state index in [9.17, 15) is 8.42 Å². The van der Waals surface area contributed by atoms with Crippen molar-refractivity contribution in [3.63, 3.8) is 0 Å². The quantitative estimate of drug-likeness (QED) is 0.497. The lowest BCUT2D eigenvalue weighted by molar-refractivity contribution is 0.573. The number of unbranched alkanes of at least 4 members (excludes halogenated alkanes) is 3. The minimum atomic E-state index is -3.04. The molecule has 0 heterocycles. The maximum absolute atomic E-state index is 11.3. The van der Waals surface area contributed by atoms with Gasteiger partial charge in [-0.3, -0.25) is 0 Å². The van der Waals surface area contributed by atoms with Crippen molar-refractivity contribution >= 4 is 21.6 Å². The average Bonchev–Trinajstić information content (AvgIpc) is 2.13. The van der Waals surface area contributed by atoms with Crippen LogP contribution in [-0.4, -0.2) is 26.6 Å². The van der Waals surface area contributed by atoms with Crippen molar-refractivity contribution in [3.8, 4) is 0 Å². The van der Waals surface area contributed by atoms with Crippen molar-refractivity contribution in [1.29, 1.82) is 0 Å². The number of alkyl halides is 1. The van der Waals surface area contributed by atoms with E-state index in [-0.39, 0.29) is 5.75 Å². The molecule has 0 bridgehead atoms. The molecule has 0 saturated heterocycles. The van der Waals surface area contributed by atoms with Crippen LogP contribution in [0.4, 0.5) is 0 Å². The number of rotatable bonds is 9. The molecule has 0 atom stereocenters. The Kier molecular flexibility index (Phi) is 8.63. The lowest BCUT2D eigenvalue weighted by Crippen LogP contribution is -2.27. The summed E-state index contributed by atoms with van der Waals surface area (Å²) in [4.78, 5) is 0. The Morgan fingerprint density at radius 2 is 1.86 bits per heavy atom. The molecule has 0 aliphatic heterocycles. The number of nitrogens with one attached hydrogen (secondary N) is 1. The smallest absolute Gasteiger partial charge is 0.211 e. The molecule has 0 aromatic heterocycles. The Labute approximate surface area is 92.3 Å². The third-order valence-electron chi connectivity index (χ3n) is 1.90. The fourth-order valence-corrected chi connectivity index (χ4v) is 2.43. The highest BCUT2D eigenvalue weighted by atomic mass is 35.5.